The zero-order valence-corrected chi connectivity index (χ0v) is 12.1. The third kappa shape index (κ3) is 3.01. The van der Waals surface area contributed by atoms with Crippen molar-refractivity contribution in [3.05, 3.63) is 9.47 Å². The number of halogens is 2. The van der Waals surface area contributed by atoms with E-state index < -0.39 is 0 Å². The van der Waals surface area contributed by atoms with Crippen molar-refractivity contribution in [1.29, 1.82) is 0 Å². The van der Waals surface area contributed by atoms with Crippen LogP contribution in [0.5, 0.6) is 0 Å². The Morgan fingerprint density at radius 1 is 1.40 bits per heavy atom. The van der Waals surface area contributed by atoms with Gasteiger partial charge in [0.1, 0.15) is 19.9 Å². The van der Waals surface area contributed by atoms with Crippen LogP contribution in [0.3, 0.4) is 0 Å². The number of quaternary nitrogens is 1. The minimum absolute atomic E-state index is 1.01. The number of nitrogens with zero attached hydrogens (tertiary/aromatic N) is 3. The zero-order chi connectivity index (χ0) is 10.9. The number of hydrogen-bond acceptors (Lipinski definition) is 3. The molecule has 15 heavy (non-hydrogen) atoms. The summed E-state index contributed by atoms with van der Waals surface area (Å²) in [5.41, 5.74) is 0. The molecule has 2 fully saturated rings. The van der Waals surface area contributed by atoms with Gasteiger partial charge in [-0.05, 0) is 20.9 Å². The first-order valence-corrected chi connectivity index (χ1v) is 6.76. The fourth-order valence-corrected chi connectivity index (χ4v) is 3.20. The maximum Gasteiger partial charge on any atom is 0.138 e. The van der Waals surface area contributed by atoms with Crippen molar-refractivity contribution in [2.24, 2.45) is 0 Å². The second-order valence-corrected chi connectivity index (χ2v) is 6.14. The molecular weight excluding hydrogens is 324 g/mol. The van der Waals surface area contributed by atoms with Crippen molar-refractivity contribution in [2.75, 3.05) is 46.9 Å². The number of likely N-dealkylation sites (N-methyl/N-ethyl adjacent to an activating group) is 1. The van der Waals surface area contributed by atoms with Gasteiger partial charge in [0.05, 0.1) is 31.5 Å². The fraction of sp³-hybridized carbons (Fsp3) is 0.778. The molecule has 2 atom stereocenters. The van der Waals surface area contributed by atoms with E-state index in [0.717, 1.165) is 44.4 Å². The minimum Gasteiger partial charge on any atom is -0.297 e. The average Bonchev–Trinajstić information content (AvgIpc) is 2.16. The first-order chi connectivity index (χ1) is 7.11. The van der Waals surface area contributed by atoms with Gasteiger partial charge in [-0.25, -0.2) is 9.80 Å². The van der Waals surface area contributed by atoms with Crippen LogP contribution < -0.4 is 5.32 Å². The third-order valence-corrected chi connectivity index (χ3v) is 4.45. The molecule has 2 rings (SSSR count). The first-order valence-electron chi connectivity index (χ1n) is 5.05. The summed E-state index contributed by atoms with van der Waals surface area (Å²) in [4.78, 5) is 6.85. The van der Waals surface area contributed by atoms with Gasteiger partial charge in [-0.1, -0.05) is 15.9 Å². The van der Waals surface area contributed by atoms with Gasteiger partial charge in [0.25, 0.3) is 0 Å². The summed E-state index contributed by atoms with van der Waals surface area (Å²) in [5, 5.41) is 3.40. The van der Waals surface area contributed by atoms with Crippen molar-refractivity contribution in [3.63, 3.8) is 0 Å². The fourth-order valence-electron chi connectivity index (χ4n) is 2.45. The molecule has 1 N–H and O–H groups in total. The molecule has 0 saturated carbocycles. The Balaban J connectivity index is 2.02. The number of nitrogens with one attached hydrogen (secondary N) is 1. The van der Waals surface area contributed by atoms with Crippen molar-refractivity contribution >= 4 is 31.9 Å². The quantitative estimate of drug-likeness (QED) is 0.759. The molecule has 2 aliphatic rings. The molecule has 2 bridgehead atoms. The largest absolute Gasteiger partial charge is 0.297 e. The molecule has 0 aliphatic carbocycles. The molecule has 0 aromatic heterocycles. The molecule has 2 heterocycles. The van der Waals surface area contributed by atoms with E-state index in [9.17, 15) is 0 Å². The molecule has 4 nitrogen and oxygen atoms in total. The van der Waals surface area contributed by atoms with Gasteiger partial charge >= 0.3 is 0 Å². The highest BCUT2D eigenvalue weighted by atomic mass is 79.9. The Kier molecular flexibility index (Phi) is 3.85. The third-order valence-electron chi connectivity index (χ3n) is 2.80. The van der Waals surface area contributed by atoms with Crippen LogP contribution in [-0.2, 0) is 0 Å². The SMILES string of the molecule is C[N+]1(C/C(Br)=C/Br)CN2CNCN(C2)C1. The normalized spacial score (nSPS) is 41.7. The summed E-state index contributed by atoms with van der Waals surface area (Å²) in [6.45, 7) is 6.40. The topological polar surface area (TPSA) is 18.5 Å². The average molecular weight is 341 g/mol. The van der Waals surface area contributed by atoms with E-state index in [0.29, 0.717) is 0 Å². The van der Waals surface area contributed by atoms with Crippen molar-refractivity contribution in [3.8, 4) is 0 Å². The molecule has 86 valence electrons. The monoisotopic (exact) mass is 339 g/mol. The van der Waals surface area contributed by atoms with E-state index in [-0.39, 0.29) is 0 Å². The standard InChI is InChI=1S/C9H17Br2N4/c1-15(3-9(11)2-10)7-13-4-12-5-14(6-13)8-15/h2,12H,3-8H2,1H3/q+1/b9-2-. The molecular formula is C9H17Br2N4+. The molecule has 2 saturated heterocycles. The van der Waals surface area contributed by atoms with Crippen LogP contribution in [0.2, 0.25) is 0 Å². The Morgan fingerprint density at radius 2 is 2.00 bits per heavy atom. The van der Waals surface area contributed by atoms with Gasteiger partial charge in [-0.3, -0.25) is 9.80 Å². The molecule has 2 unspecified atom stereocenters. The van der Waals surface area contributed by atoms with Crippen LogP contribution in [-0.4, -0.2) is 61.2 Å². The van der Waals surface area contributed by atoms with Gasteiger partial charge < -0.3 is 0 Å². The summed E-state index contributed by atoms with van der Waals surface area (Å²) in [5.74, 6) is 0. The highest BCUT2D eigenvalue weighted by Gasteiger charge is 2.36. The minimum atomic E-state index is 1.01. The lowest BCUT2D eigenvalue weighted by molar-refractivity contribution is -0.933. The van der Waals surface area contributed by atoms with Crippen LogP contribution in [0.1, 0.15) is 0 Å². The highest BCUT2D eigenvalue weighted by Crippen LogP contribution is 2.20. The maximum atomic E-state index is 3.57. The van der Waals surface area contributed by atoms with Gasteiger partial charge in [0.15, 0.2) is 0 Å². The Hall–Kier alpha value is 0.540. The molecule has 0 aromatic rings. The van der Waals surface area contributed by atoms with Crippen molar-refractivity contribution in [2.45, 2.75) is 0 Å². The Labute approximate surface area is 108 Å². The lowest BCUT2D eigenvalue weighted by atomic mass is 10.4. The molecule has 0 radical (unpaired) electrons. The Bertz CT molecular complexity index is 257. The van der Waals surface area contributed by atoms with E-state index in [2.05, 4.69) is 54.0 Å². The van der Waals surface area contributed by atoms with E-state index >= 15 is 0 Å². The van der Waals surface area contributed by atoms with Crippen molar-refractivity contribution in [1.82, 2.24) is 15.1 Å². The zero-order valence-electron chi connectivity index (χ0n) is 8.92. The van der Waals surface area contributed by atoms with Gasteiger partial charge in [-0.15, -0.1) is 0 Å². The number of fused-ring (bicyclic) bond motifs is 2. The molecule has 0 aromatic carbocycles. The molecule has 2 aliphatic heterocycles. The highest BCUT2D eigenvalue weighted by molar-refractivity contribution is 9.14. The summed E-state index contributed by atoms with van der Waals surface area (Å²) < 4.78 is 2.27. The van der Waals surface area contributed by atoms with Crippen LogP contribution in [0, 0.1) is 0 Å². The van der Waals surface area contributed by atoms with Gasteiger partial charge in [0, 0.05) is 0 Å². The van der Waals surface area contributed by atoms with Crippen LogP contribution >= 0.6 is 31.9 Å². The second kappa shape index (κ2) is 4.81. The van der Waals surface area contributed by atoms with Crippen LogP contribution in [0.15, 0.2) is 9.47 Å². The predicted molar refractivity (Wildman–Crippen MR) is 68.1 cm³/mol. The summed E-state index contributed by atoms with van der Waals surface area (Å²) in [6, 6.07) is 0. The second-order valence-electron chi connectivity index (χ2n) is 4.67. The van der Waals surface area contributed by atoms with Crippen LogP contribution in [0.4, 0.5) is 0 Å². The molecule has 6 heteroatoms. The number of rotatable bonds is 2. The molecule has 0 amide bonds. The van der Waals surface area contributed by atoms with Gasteiger partial charge in [-0.2, -0.15) is 0 Å². The number of hydrogen-bond donors (Lipinski definition) is 1. The van der Waals surface area contributed by atoms with E-state index in [1.54, 1.807) is 0 Å². The van der Waals surface area contributed by atoms with E-state index in [4.69, 9.17) is 0 Å². The van der Waals surface area contributed by atoms with Crippen LogP contribution in [0.25, 0.3) is 0 Å². The molecule has 0 spiro atoms. The summed E-state index contributed by atoms with van der Waals surface area (Å²) >= 11 is 6.94. The first kappa shape index (κ1) is 12.0. The lowest BCUT2D eigenvalue weighted by Gasteiger charge is -2.50. The summed E-state index contributed by atoms with van der Waals surface area (Å²) in [7, 11) is 2.31. The van der Waals surface area contributed by atoms with Gasteiger partial charge in [0.2, 0.25) is 0 Å². The lowest BCUT2D eigenvalue weighted by Crippen LogP contribution is -2.69. The van der Waals surface area contributed by atoms with Crippen molar-refractivity contribution < 1.29 is 4.48 Å². The summed E-state index contributed by atoms with van der Waals surface area (Å²) in [6.07, 6.45) is 0. The Morgan fingerprint density at radius 3 is 2.53 bits per heavy atom. The van der Waals surface area contributed by atoms with E-state index in [1.807, 2.05) is 4.99 Å². The smallest absolute Gasteiger partial charge is 0.138 e. The maximum absolute atomic E-state index is 3.57. The van der Waals surface area contributed by atoms with E-state index in [1.165, 1.54) is 4.48 Å². The predicted octanol–water partition coefficient (Wildman–Crippen LogP) is 1.07.